The van der Waals surface area contributed by atoms with Gasteiger partial charge in [-0.2, -0.15) is 13.6 Å². The Morgan fingerprint density at radius 1 is 1.24 bits per heavy atom. The molecule has 0 bridgehead atoms. The van der Waals surface area contributed by atoms with Crippen LogP contribution in [-0.4, -0.2) is 22.1 Å². The van der Waals surface area contributed by atoms with Gasteiger partial charge in [0.2, 0.25) is 0 Å². The second-order valence-corrected chi connectivity index (χ2v) is 10.3. The Balaban J connectivity index is 1.66. The molecule has 160 valence electrons. The third-order valence-corrected chi connectivity index (χ3v) is 8.25. The van der Waals surface area contributed by atoms with Gasteiger partial charge in [0.25, 0.3) is 0 Å². The second kappa shape index (κ2) is 7.71. The number of hydrogen-bond acceptors (Lipinski definition) is 4. The summed E-state index contributed by atoms with van der Waals surface area (Å²) in [6.45, 7) is 5.21. The average Bonchev–Trinajstić information content (AvgIpc) is 3.00. The van der Waals surface area contributed by atoms with Crippen molar-refractivity contribution in [1.82, 2.24) is 0 Å². The molecule has 0 aliphatic heterocycles. The zero-order valence-corrected chi connectivity index (χ0v) is 18.6. The van der Waals surface area contributed by atoms with Crippen LogP contribution in [0.15, 0.2) is 23.8 Å². The molecular weight excluding hydrogens is 386 g/mol. The lowest BCUT2D eigenvalue weighted by Gasteiger charge is -2.49. The van der Waals surface area contributed by atoms with Gasteiger partial charge < -0.3 is 8.92 Å². The number of benzene rings is 1. The molecule has 0 unspecified atom stereocenters. The molecule has 6 heteroatoms. The van der Waals surface area contributed by atoms with Crippen LogP contribution < -0.4 is 9.32 Å². The van der Waals surface area contributed by atoms with Gasteiger partial charge in [-0.25, -0.2) is 0 Å². The second-order valence-electron chi connectivity index (χ2n) is 9.18. The van der Waals surface area contributed by atoms with Gasteiger partial charge in [0.15, 0.2) is 0 Å². The van der Waals surface area contributed by atoms with Crippen LogP contribution in [0, 0.1) is 17.3 Å². The van der Waals surface area contributed by atoms with E-state index in [0.29, 0.717) is 29.6 Å². The Bertz CT molecular complexity index is 923. The molecule has 0 aromatic heterocycles. The molecule has 3 aliphatic rings. The molecule has 0 spiro atoms. The number of nitrogens with two attached hydrogens (primary N) is 1. The number of hydrogen-bond donors (Lipinski definition) is 1. The molecule has 0 saturated heterocycles. The molecule has 0 amide bonds. The predicted octanol–water partition coefficient (Wildman–Crippen LogP) is 4.26. The van der Waals surface area contributed by atoms with Crippen molar-refractivity contribution in [3.05, 3.63) is 40.5 Å². The number of allylic oxidation sites excluding steroid dienone is 1. The van der Waals surface area contributed by atoms with E-state index < -0.39 is 10.3 Å². The van der Waals surface area contributed by atoms with E-state index in [1.54, 1.807) is 12.7 Å². The van der Waals surface area contributed by atoms with Crippen molar-refractivity contribution in [2.45, 2.75) is 64.7 Å². The third-order valence-electron chi connectivity index (χ3n) is 7.84. The van der Waals surface area contributed by atoms with Crippen LogP contribution >= 0.6 is 0 Å². The first-order valence-corrected chi connectivity index (χ1v) is 12.3. The van der Waals surface area contributed by atoms with Gasteiger partial charge in [-0.05, 0) is 90.9 Å². The van der Waals surface area contributed by atoms with Crippen molar-refractivity contribution in [3.8, 4) is 5.75 Å². The molecule has 4 atom stereocenters. The molecule has 0 heterocycles. The fraction of sp³-hybridized carbons (Fsp3) is 0.652. The maximum atomic E-state index is 11.5. The summed E-state index contributed by atoms with van der Waals surface area (Å²) in [5.74, 6) is 2.39. The van der Waals surface area contributed by atoms with Crippen molar-refractivity contribution in [1.29, 1.82) is 0 Å². The van der Waals surface area contributed by atoms with Gasteiger partial charge >= 0.3 is 10.3 Å². The van der Waals surface area contributed by atoms with E-state index in [2.05, 4.69) is 19.1 Å². The Labute approximate surface area is 174 Å². The third kappa shape index (κ3) is 3.75. The molecule has 2 saturated carbocycles. The number of ether oxygens (including phenoxy) is 1. The average molecular weight is 420 g/mol. The summed E-state index contributed by atoms with van der Waals surface area (Å²) in [5.41, 5.74) is 5.48. The molecule has 1 aromatic carbocycles. The minimum absolute atomic E-state index is 0.307. The number of methoxy groups -OCH3 is 1. The molecular formula is C23H33NO4S. The first-order chi connectivity index (χ1) is 13.8. The van der Waals surface area contributed by atoms with Crippen LogP contribution in [0.1, 0.15) is 68.6 Å². The largest absolute Gasteiger partial charge is 0.381 e. The lowest BCUT2D eigenvalue weighted by molar-refractivity contribution is 0.0807. The summed E-state index contributed by atoms with van der Waals surface area (Å²) < 4.78 is 33.4. The molecule has 4 rings (SSSR count). The van der Waals surface area contributed by atoms with Crippen LogP contribution in [0.3, 0.4) is 0 Å². The van der Waals surface area contributed by atoms with Crippen molar-refractivity contribution in [2.75, 3.05) is 13.7 Å². The van der Waals surface area contributed by atoms with E-state index in [0.717, 1.165) is 30.7 Å². The smallest absolute Gasteiger partial charge is 0.380 e. The standard InChI is InChI=1S/C23H33NO4S/c1-4-15-13-20-16(14-22(15)28-29(24,25)26)5-7-19-18(20)9-11-23(2)17(10-12-27-3)6-8-21(19)23/h10,13-14,18-19,21H,4-9,11-12H2,1-3H3,(H2,24,25,26)/b17-10+/t18-,19+,21-,23+/m0/s1. The van der Waals surface area contributed by atoms with Crippen molar-refractivity contribution >= 4 is 10.3 Å². The van der Waals surface area contributed by atoms with Crippen LogP contribution in [-0.2, 0) is 27.9 Å². The highest BCUT2D eigenvalue weighted by Crippen LogP contribution is 2.63. The maximum Gasteiger partial charge on any atom is 0.380 e. The Hall–Kier alpha value is -1.37. The summed E-state index contributed by atoms with van der Waals surface area (Å²) in [5, 5.41) is 5.13. The normalized spacial score (nSPS) is 32.6. The predicted molar refractivity (Wildman–Crippen MR) is 114 cm³/mol. The minimum Gasteiger partial charge on any atom is -0.381 e. The molecule has 2 N–H and O–H groups in total. The van der Waals surface area contributed by atoms with Crippen molar-refractivity contribution in [3.63, 3.8) is 0 Å². The summed E-state index contributed by atoms with van der Waals surface area (Å²) in [7, 11) is -2.25. The molecule has 5 nitrogen and oxygen atoms in total. The monoisotopic (exact) mass is 419 g/mol. The Morgan fingerprint density at radius 3 is 2.72 bits per heavy atom. The van der Waals surface area contributed by atoms with E-state index in [1.807, 2.05) is 13.0 Å². The Morgan fingerprint density at radius 2 is 2.03 bits per heavy atom. The van der Waals surface area contributed by atoms with Crippen LogP contribution in [0.2, 0.25) is 0 Å². The summed E-state index contributed by atoms with van der Waals surface area (Å²) >= 11 is 0. The zero-order chi connectivity index (χ0) is 20.8. The van der Waals surface area contributed by atoms with E-state index in [4.69, 9.17) is 14.1 Å². The lowest BCUT2D eigenvalue weighted by atomic mass is 9.55. The van der Waals surface area contributed by atoms with Crippen LogP contribution in [0.5, 0.6) is 5.75 Å². The Kier molecular flexibility index (Phi) is 5.55. The molecule has 0 radical (unpaired) electrons. The molecule has 3 aliphatic carbocycles. The first-order valence-electron chi connectivity index (χ1n) is 10.8. The van der Waals surface area contributed by atoms with E-state index in [1.165, 1.54) is 36.8 Å². The van der Waals surface area contributed by atoms with E-state index in [9.17, 15) is 8.42 Å². The molecule has 29 heavy (non-hydrogen) atoms. The summed E-state index contributed by atoms with van der Waals surface area (Å²) in [6.07, 6.45) is 10.1. The van der Waals surface area contributed by atoms with Crippen molar-refractivity contribution in [2.24, 2.45) is 22.4 Å². The summed E-state index contributed by atoms with van der Waals surface area (Å²) in [4.78, 5) is 0. The van der Waals surface area contributed by atoms with Gasteiger partial charge in [0, 0.05) is 7.11 Å². The molecule has 2 fully saturated rings. The maximum absolute atomic E-state index is 11.5. The SMILES string of the molecule is CCc1cc2c(cc1OS(N)(=O)=O)CC[C@@H]1[C@@H]2CC[C@]2(C)/C(=C/COC)CC[C@@H]12. The van der Waals surface area contributed by atoms with Crippen LogP contribution in [0.25, 0.3) is 0 Å². The van der Waals surface area contributed by atoms with Gasteiger partial charge in [-0.3, -0.25) is 0 Å². The fourth-order valence-electron chi connectivity index (χ4n) is 6.49. The quantitative estimate of drug-likeness (QED) is 0.723. The zero-order valence-electron chi connectivity index (χ0n) is 17.7. The number of fused-ring (bicyclic) bond motifs is 5. The molecule has 1 aromatic rings. The highest BCUT2D eigenvalue weighted by molar-refractivity contribution is 7.84. The van der Waals surface area contributed by atoms with Crippen LogP contribution in [0.4, 0.5) is 0 Å². The minimum atomic E-state index is -4.01. The lowest BCUT2D eigenvalue weighted by Crippen LogP contribution is -2.40. The van der Waals surface area contributed by atoms with Gasteiger partial charge in [0.1, 0.15) is 5.75 Å². The van der Waals surface area contributed by atoms with E-state index >= 15 is 0 Å². The highest BCUT2D eigenvalue weighted by Gasteiger charge is 2.52. The first kappa shape index (κ1) is 20.9. The van der Waals surface area contributed by atoms with Gasteiger partial charge in [-0.1, -0.05) is 31.6 Å². The number of rotatable bonds is 5. The van der Waals surface area contributed by atoms with Gasteiger partial charge in [0.05, 0.1) is 6.61 Å². The topological polar surface area (TPSA) is 78.6 Å². The van der Waals surface area contributed by atoms with Gasteiger partial charge in [-0.15, -0.1) is 0 Å². The van der Waals surface area contributed by atoms with E-state index in [-0.39, 0.29) is 0 Å². The number of aryl methyl sites for hydroxylation is 2. The van der Waals surface area contributed by atoms with Crippen molar-refractivity contribution < 1.29 is 17.3 Å². The highest BCUT2D eigenvalue weighted by atomic mass is 32.2. The summed E-state index contributed by atoms with van der Waals surface area (Å²) in [6, 6.07) is 4.13. The fourth-order valence-corrected chi connectivity index (χ4v) is 6.90.